The predicted octanol–water partition coefficient (Wildman–Crippen LogP) is 1.55. The van der Waals surface area contributed by atoms with Crippen molar-refractivity contribution in [1.29, 1.82) is 0 Å². The minimum atomic E-state index is -0.155. The third-order valence-electron chi connectivity index (χ3n) is 4.01. The maximum absolute atomic E-state index is 12.2. The van der Waals surface area contributed by atoms with Gasteiger partial charge in [-0.25, -0.2) is 0 Å². The van der Waals surface area contributed by atoms with E-state index >= 15 is 0 Å². The van der Waals surface area contributed by atoms with Crippen LogP contribution >= 0.6 is 0 Å². The van der Waals surface area contributed by atoms with Crippen LogP contribution in [0.15, 0.2) is 0 Å². The van der Waals surface area contributed by atoms with Crippen LogP contribution in [-0.2, 0) is 9.59 Å². The second-order valence-electron chi connectivity index (χ2n) is 6.42. The zero-order valence-corrected chi connectivity index (χ0v) is 13.6. The molecule has 0 saturated carbocycles. The first kappa shape index (κ1) is 18.0. The number of carbonyl (C=O) groups is 2. The molecule has 1 rings (SSSR count). The van der Waals surface area contributed by atoms with Crippen molar-refractivity contribution >= 4 is 11.8 Å². The summed E-state index contributed by atoms with van der Waals surface area (Å²) in [5.74, 6) is 0.634. The molecule has 21 heavy (non-hydrogen) atoms. The van der Waals surface area contributed by atoms with Crippen LogP contribution in [0.3, 0.4) is 0 Å². The van der Waals surface area contributed by atoms with Gasteiger partial charge >= 0.3 is 0 Å². The van der Waals surface area contributed by atoms with Crippen molar-refractivity contribution in [2.45, 2.75) is 58.9 Å². The Labute approximate surface area is 128 Å². The molecule has 2 N–H and O–H groups in total. The molecule has 1 heterocycles. The van der Waals surface area contributed by atoms with Gasteiger partial charge in [-0.2, -0.15) is 0 Å². The first-order valence-corrected chi connectivity index (χ1v) is 8.16. The van der Waals surface area contributed by atoms with E-state index in [0.717, 1.165) is 25.7 Å². The lowest BCUT2D eigenvalue weighted by Gasteiger charge is -2.32. The van der Waals surface area contributed by atoms with Crippen LogP contribution in [0, 0.1) is 11.8 Å². The van der Waals surface area contributed by atoms with E-state index in [2.05, 4.69) is 19.2 Å². The van der Waals surface area contributed by atoms with Crippen molar-refractivity contribution in [1.82, 2.24) is 10.2 Å². The zero-order chi connectivity index (χ0) is 15.8. The number of piperidine rings is 1. The van der Waals surface area contributed by atoms with Crippen molar-refractivity contribution in [3.05, 3.63) is 0 Å². The third-order valence-corrected chi connectivity index (χ3v) is 4.01. The summed E-state index contributed by atoms with van der Waals surface area (Å²) in [6, 6.07) is -0.155. The van der Waals surface area contributed by atoms with Crippen LogP contribution in [0.5, 0.6) is 0 Å². The Kier molecular flexibility index (Phi) is 7.72. The first-order valence-electron chi connectivity index (χ1n) is 8.16. The van der Waals surface area contributed by atoms with Crippen LogP contribution in [0.1, 0.15) is 52.9 Å². The molecule has 0 aromatic carbocycles. The molecule has 122 valence electrons. The van der Waals surface area contributed by atoms with Crippen molar-refractivity contribution < 1.29 is 14.7 Å². The molecular formula is C16H30N2O3. The van der Waals surface area contributed by atoms with Gasteiger partial charge in [0.25, 0.3) is 0 Å². The average molecular weight is 298 g/mol. The number of nitrogens with zero attached hydrogens (tertiary/aromatic N) is 1. The molecule has 1 fully saturated rings. The summed E-state index contributed by atoms with van der Waals surface area (Å²) in [5.41, 5.74) is 0. The SMILES string of the molecule is CCCC(=O)N1CCC(C(=O)NC(CO)CC(C)C)CC1. The molecule has 0 spiro atoms. The Morgan fingerprint density at radius 2 is 1.90 bits per heavy atom. The van der Waals surface area contributed by atoms with Crippen molar-refractivity contribution in [2.75, 3.05) is 19.7 Å². The van der Waals surface area contributed by atoms with Crippen molar-refractivity contribution in [3.63, 3.8) is 0 Å². The fourth-order valence-corrected chi connectivity index (χ4v) is 2.83. The molecule has 5 nitrogen and oxygen atoms in total. The van der Waals surface area contributed by atoms with Gasteiger partial charge in [-0.15, -0.1) is 0 Å². The highest BCUT2D eigenvalue weighted by molar-refractivity contribution is 5.80. The second-order valence-corrected chi connectivity index (χ2v) is 6.42. The summed E-state index contributed by atoms with van der Waals surface area (Å²) in [7, 11) is 0. The molecule has 0 aromatic heterocycles. The highest BCUT2D eigenvalue weighted by Gasteiger charge is 2.28. The number of likely N-dealkylation sites (tertiary alicyclic amines) is 1. The molecule has 0 radical (unpaired) electrons. The van der Waals surface area contributed by atoms with Gasteiger partial charge in [-0.1, -0.05) is 20.8 Å². The highest BCUT2D eigenvalue weighted by atomic mass is 16.3. The topological polar surface area (TPSA) is 69.6 Å². The fraction of sp³-hybridized carbons (Fsp3) is 0.875. The maximum atomic E-state index is 12.2. The lowest BCUT2D eigenvalue weighted by Crippen LogP contribution is -2.46. The van der Waals surface area contributed by atoms with E-state index in [0.29, 0.717) is 25.4 Å². The largest absolute Gasteiger partial charge is 0.394 e. The smallest absolute Gasteiger partial charge is 0.223 e. The van der Waals surface area contributed by atoms with E-state index in [1.807, 2.05) is 11.8 Å². The fourth-order valence-electron chi connectivity index (χ4n) is 2.83. The molecule has 1 atom stereocenters. The Balaban J connectivity index is 2.39. The molecule has 0 bridgehead atoms. The quantitative estimate of drug-likeness (QED) is 0.749. The van der Waals surface area contributed by atoms with Crippen LogP contribution in [0.25, 0.3) is 0 Å². The lowest BCUT2D eigenvalue weighted by atomic mass is 9.94. The van der Waals surface area contributed by atoms with Gasteiger partial charge in [0, 0.05) is 25.4 Å². The normalized spacial score (nSPS) is 17.9. The second kappa shape index (κ2) is 9.03. The van der Waals surface area contributed by atoms with Gasteiger partial charge < -0.3 is 15.3 Å². The summed E-state index contributed by atoms with van der Waals surface area (Å²) in [6.45, 7) is 7.48. The van der Waals surface area contributed by atoms with Crippen LogP contribution in [0.4, 0.5) is 0 Å². The molecule has 1 aliphatic rings. The van der Waals surface area contributed by atoms with Crippen LogP contribution in [-0.4, -0.2) is 47.6 Å². The number of carbonyl (C=O) groups excluding carboxylic acids is 2. The van der Waals surface area contributed by atoms with E-state index in [1.165, 1.54) is 0 Å². The molecular weight excluding hydrogens is 268 g/mol. The van der Waals surface area contributed by atoms with Gasteiger partial charge in [0.2, 0.25) is 11.8 Å². The molecule has 1 saturated heterocycles. The Hall–Kier alpha value is -1.10. The highest BCUT2D eigenvalue weighted by Crippen LogP contribution is 2.19. The lowest BCUT2D eigenvalue weighted by molar-refractivity contribution is -0.136. The summed E-state index contributed by atoms with van der Waals surface area (Å²) in [5, 5.41) is 12.3. The average Bonchev–Trinajstić information content (AvgIpc) is 2.46. The number of aliphatic hydroxyl groups is 1. The monoisotopic (exact) mass is 298 g/mol. The van der Waals surface area contributed by atoms with E-state index in [9.17, 15) is 14.7 Å². The molecule has 2 amide bonds. The van der Waals surface area contributed by atoms with Crippen LogP contribution in [0.2, 0.25) is 0 Å². The van der Waals surface area contributed by atoms with Crippen molar-refractivity contribution in [2.24, 2.45) is 11.8 Å². The molecule has 5 heteroatoms. The number of hydrogen-bond acceptors (Lipinski definition) is 3. The first-order chi connectivity index (χ1) is 9.97. The predicted molar refractivity (Wildman–Crippen MR) is 82.7 cm³/mol. The Morgan fingerprint density at radius 3 is 2.38 bits per heavy atom. The van der Waals surface area contributed by atoms with Gasteiger partial charge in [0.15, 0.2) is 0 Å². The molecule has 0 aliphatic carbocycles. The standard InChI is InChI=1S/C16H30N2O3/c1-4-5-15(20)18-8-6-13(7-9-18)16(21)17-14(11-19)10-12(2)3/h12-14,19H,4-11H2,1-3H3,(H,17,21). The zero-order valence-electron chi connectivity index (χ0n) is 13.6. The maximum Gasteiger partial charge on any atom is 0.223 e. The number of amides is 2. The number of rotatable bonds is 7. The summed E-state index contributed by atoms with van der Waals surface area (Å²) >= 11 is 0. The van der Waals surface area contributed by atoms with E-state index in [1.54, 1.807) is 0 Å². The summed E-state index contributed by atoms with van der Waals surface area (Å²) in [4.78, 5) is 25.9. The van der Waals surface area contributed by atoms with Crippen molar-refractivity contribution in [3.8, 4) is 0 Å². The summed E-state index contributed by atoms with van der Waals surface area (Å²) in [6.07, 6.45) is 3.70. The molecule has 1 unspecified atom stereocenters. The van der Waals surface area contributed by atoms with Gasteiger partial charge in [0.1, 0.15) is 0 Å². The Bertz CT molecular complexity index is 336. The Morgan fingerprint density at radius 1 is 1.29 bits per heavy atom. The molecule has 1 aliphatic heterocycles. The summed E-state index contributed by atoms with van der Waals surface area (Å²) < 4.78 is 0. The minimum absolute atomic E-state index is 0.0161. The number of hydrogen-bond donors (Lipinski definition) is 2. The third kappa shape index (κ3) is 6.04. The van der Waals surface area contributed by atoms with Gasteiger partial charge in [0.05, 0.1) is 12.6 Å². The number of aliphatic hydroxyl groups excluding tert-OH is 1. The van der Waals surface area contributed by atoms with E-state index in [4.69, 9.17) is 0 Å². The molecule has 0 aromatic rings. The van der Waals surface area contributed by atoms with Gasteiger partial charge in [-0.3, -0.25) is 9.59 Å². The van der Waals surface area contributed by atoms with E-state index in [-0.39, 0.29) is 30.4 Å². The van der Waals surface area contributed by atoms with Crippen LogP contribution < -0.4 is 5.32 Å². The van der Waals surface area contributed by atoms with Gasteiger partial charge in [-0.05, 0) is 31.6 Å². The minimum Gasteiger partial charge on any atom is -0.394 e. The van der Waals surface area contributed by atoms with E-state index < -0.39 is 0 Å². The number of nitrogens with one attached hydrogen (secondary N) is 1.